The number of carbonyl (C=O) groups is 2. The summed E-state index contributed by atoms with van der Waals surface area (Å²) in [4.78, 5) is 24.6. The van der Waals surface area contributed by atoms with Gasteiger partial charge in [-0.1, -0.05) is 24.6 Å². The number of rotatable bonds is 2. The van der Waals surface area contributed by atoms with Gasteiger partial charge in [-0.3, -0.25) is 4.79 Å². The molecule has 2 aliphatic carbocycles. The van der Waals surface area contributed by atoms with Crippen LogP contribution in [0.3, 0.4) is 0 Å². The van der Waals surface area contributed by atoms with Gasteiger partial charge in [0.2, 0.25) is 0 Å². The largest absolute Gasteiger partial charge is 0.461 e. The molecule has 7 atom stereocenters. The second kappa shape index (κ2) is 6.27. The number of hydrogen-bond acceptors (Lipinski definition) is 5. The first-order valence-corrected chi connectivity index (χ1v) is 9.10. The van der Waals surface area contributed by atoms with Crippen molar-refractivity contribution in [3.05, 3.63) is 23.3 Å². The quantitative estimate of drug-likeness (QED) is 0.472. The molecule has 3 rings (SSSR count). The van der Waals surface area contributed by atoms with Crippen molar-refractivity contribution >= 4 is 11.9 Å². The van der Waals surface area contributed by atoms with Gasteiger partial charge < -0.3 is 14.6 Å². The highest BCUT2D eigenvalue weighted by Gasteiger charge is 2.59. The fraction of sp³-hybridized carbons (Fsp3) is 0.700. The predicted octanol–water partition coefficient (Wildman–Crippen LogP) is 2.78. The van der Waals surface area contributed by atoms with Crippen LogP contribution in [0.5, 0.6) is 0 Å². The lowest BCUT2D eigenvalue weighted by molar-refractivity contribution is -0.152. The molecule has 0 aromatic heterocycles. The summed E-state index contributed by atoms with van der Waals surface area (Å²) in [6, 6.07) is 0. The van der Waals surface area contributed by atoms with Gasteiger partial charge in [0, 0.05) is 29.7 Å². The number of fused-ring (bicyclic) bond motifs is 3. The summed E-state index contributed by atoms with van der Waals surface area (Å²) < 4.78 is 11.5. The normalized spacial score (nSPS) is 43.7. The number of ether oxygens (including phenoxy) is 2. The van der Waals surface area contributed by atoms with Crippen LogP contribution in [-0.2, 0) is 19.1 Å². The van der Waals surface area contributed by atoms with Crippen molar-refractivity contribution in [2.45, 2.75) is 65.3 Å². The van der Waals surface area contributed by atoms with Crippen molar-refractivity contribution in [3.8, 4) is 0 Å². The molecule has 3 aliphatic rings. The van der Waals surface area contributed by atoms with E-state index in [-0.39, 0.29) is 35.7 Å². The molecule has 0 spiro atoms. The average molecular weight is 348 g/mol. The molecule has 0 aromatic rings. The van der Waals surface area contributed by atoms with Crippen LogP contribution in [0.4, 0.5) is 0 Å². The molecule has 1 heterocycles. The molecule has 1 saturated carbocycles. The Bertz CT molecular complexity index is 644. The minimum absolute atomic E-state index is 0.0135. The van der Waals surface area contributed by atoms with Gasteiger partial charge in [-0.05, 0) is 34.1 Å². The van der Waals surface area contributed by atoms with Gasteiger partial charge in [-0.15, -0.1) is 0 Å². The molecule has 0 radical (unpaired) electrons. The lowest BCUT2D eigenvalue weighted by Gasteiger charge is -2.34. The van der Waals surface area contributed by atoms with E-state index in [1.54, 1.807) is 19.9 Å². The van der Waals surface area contributed by atoms with Crippen LogP contribution in [-0.4, -0.2) is 34.9 Å². The zero-order chi connectivity index (χ0) is 18.5. The summed E-state index contributed by atoms with van der Waals surface area (Å²) >= 11 is 0. The number of carbonyl (C=O) groups excluding carboxylic acids is 2. The van der Waals surface area contributed by atoms with Gasteiger partial charge in [-0.2, -0.15) is 0 Å². The molecule has 0 amide bonds. The molecule has 1 N–H and O–H groups in total. The number of allylic oxidation sites excluding steroid dienone is 2. The maximum absolute atomic E-state index is 12.3. The van der Waals surface area contributed by atoms with Gasteiger partial charge in [-0.25, -0.2) is 4.79 Å². The van der Waals surface area contributed by atoms with Crippen molar-refractivity contribution in [2.75, 3.05) is 0 Å². The van der Waals surface area contributed by atoms with E-state index < -0.39 is 17.7 Å². The summed E-state index contributed by atoms with van der Waals surface area (Å²) in [7, 11) is 0. The number of hydrogen-bond donors (Lipinski definition) is 1. The molecule has 1 saturated heterocycles. The average Bonchev–Trinajstić information content (AvgIpc) is 3.03. The minimum atomic E-state index is -0.982. The van der Waals surface area contributed by atoms with E-state index >= 15 is 0 Å². The molecule has 138 valence electrons. The van der Waals surface area contributed by atoms with E-state index in [1.807, 2.05) is 20.8 Å². The molecular formula is C20H28O5. The second-order valence-corrected chi connectivity index (χ2v) is 8.06. The van der Waals surface area contributed by atoms with E-state index in [4.69, 9.17) is 9.47 Å². The van der Waals surface area contributed by atoms with Crippen LogP contribution >= 0.6 is 0 Å². The zero-order valence-corrected chi connectivity index (χ0v) is 15.6. The number of aliphatic hydroxyl groups is 1. The topological polar surface area (TPSA) is 72.8 Å². The molecule has 0 bridgehead atoms. The van der Waals surface area contributed by atoms with Crippen LogP contribution in [0.25, 0.3) is 0 Å². The Hall–Kier alpha value is -1.62. The molecule has 1 aliphatic heterocycles. The van der Waals surface area contributed by atoms with Gasteiger partial charge in [0.15, 0.2) is 0 Å². The summed E-state index contributed by atoms with van der Waals surface area (Å²) in [5.74, 6) is -1.25. The highest BCUT2D eigenvalue weighted by Crippen LogP contribution is 2.53. The van der Waals surface area contributed by atoms with Crippen LogP contribution in [0.2, 0.25) is 0 Å². The smallest absolute Gasteiger partial charge is 0.333 e. The standard InChI is InChI=1S/C20H28O5/c1-6-10(2)18(21)24-14-9-20(5,23)13-8-7-11(3)15(13)17-16(14)12(4)19(22)25-17/h6-7,12-17,23H,8-9H2,1-5H3/b10-6+/t12-,13-,14+,15+,16-,17-,20-/m1/s1. The summed E-state index contributed by atoms with van der Waals surface area (Å²) in [5.41, 5.74) is 0.692. The van der Waals surface area contributed by atoms with Crippen LogP contribution in [0.1, 0.15) is 47.5 Å². The van der Waals surface area contributed by atoms with Crippen molar-refractivity contribution < 1.29 is 24.2 Å². The lowest BCUT2D eigenvalue weighted by Crippen LogP contribution is -2.40. The fourth-order valence-electron chi connectivity index (χ4n) is 4.81. The Labute approximate surface area is 149 Å². The first-order valence-electron chi connectivity index (χ1n) is 9.10. The van der Waals surface area contributed by atoms with E-state index in [2.05, 4.69) is 6.08 Å². The van der Waals surface area contributed by atoms with Crippen molar-refractivity contribution in [1.82, 2.24) is 0 Å². The maximum Gasteiger partial charge on any atom is 0.333 e. The van der Waals surface area contributed by atoms with Gasteiger partial charge >= 0.3 is 11.9 Å². The Morgan fingerprint density at radius 3 is 2.80 bits per heavy atom. The molecule has 25 heavy (non-hydrogen) atoms. The molecular weight excluding hydrogens is 320 g/mol. The first-order chi connectivity index (χ1) is 11.7. The third-order valence-corrected chi connectivity index (χ3v) is 6.44. The molecule has 0 unspecified atom stereocenters. The summed E-state index contributed by atoms with van der Waals surface area (Å²) in [6.07, 6.45) is 4.03. The van der Waals surface area contributed by atoms with Crippen molar-refractivity contribution in [3.63, 3.8) is 0 Å². The summed E-state index contributed by atoms with van der Waals surface area (Å²) in [6.45, 7) is 9.17. The minimum Gasteiger partial charge on any atom is -0.461 e. The Morgan fingerprint density at radius 1 is 1.48 bits per heavy atom. The number of esters is 2. The van der Waals surface area contributed by atoms with E-state index in [0.717, 1.165) is 12.0 Å². The third kappa shape index (κ3) is 2.92. The van der Waals surface area contributed by atoms with Crippen molar-refractivity contribution in [2.24, 2.45) is 23.7 Å². The van der Waals surface area contributed by atoms with Gasteiger partial charge in [0.25, 0.3) is 0 Å². The Kier molecular flexibility index (Phi) is 4.56. The van der Waals surface area contributed by atoms with E-state index in [0.29, 0.717) is 12.0 Å². The first kappa shape index (κ1) is 18.2. The Morgan fingerprint density at radius 2 is 2.16 bits per heavy atom. The van der Waals surface area contributed by atoms with E-state index in [1.165, 1.54) is 0 Å². The van der Waals surface area contributed by atoms with Crippen molar-refractivity contribution in [1.29, 1.82) is 0 Å². The fourth-order valence-corrected chi connectivity index (χ4v) is 4.81. The SMILES string of the molecule is C/C=C(\C)C(=O)O[C@H]1C[C@@](C)(O)[C@@H]2CC=C(C)[C@@H]2[C@H]2OC(=O)[C@H](C)[C@@H]21. The molecule has 5 heteroatoms. The summed E-state index contributed by atoms with van der Waals surface area (Å²) in [5, 5.41) is 11.1. The molecule has 5 nitrogen and oxygen atoms in total. The second-order valence-electron chi connectivity index (χ2n) is 8.06. The van der Waals surface area contributed by atoms with E-state index in [9.17, 15) is 14.7 Å². The highest BCUT2D eigenvalue weighted by atomic mass is 16.6. The monoisotopic (exact) mass is 348 g/mol. The van der Waals surface area contributed by atoms with Crippen LogP contribution in [0.15, 0.2) is 23.3 Å². The Balaban J connectivity index is 1.99. The van der Waals surface area contributed by atoms with Crippen LogP contribution in [0, 0.1) is 23.7 Å². The maximum atomic E-state index is 12.3. The molecule has 2 fully saturated rings. The zero-order valence-electron chi connectivity index (χ0n) is 15.6. The van der Waals surface area contributed by atoms with Gasteiger partial charge in [0.1, 0.15) is 12.2 Å². The highest BCUT2D eigenvalue weighted by molar-refractivity contribution is 5.87. The lowest BCUT2D eigenvalue weighted by atomic mass is 9.76. The third-order valence-electron chi connectivity index (χ3n) is 6.44. The van der Waals surface area contributed by atoms with Crippen LogP contribution < -0.4 is 0 Å². The molecule has 0 aromatic carbocycles. The van der Waals surface area contributed by atoms with Gasteiger partial charge in [0.05, 0.1) is 11.5 Å². The predicted molar refractivity (Wildman–Crippen MR) is 92.4 cm³/mol.